The second-order valence-electron chi connectivity index (χ2n) is 6.67. The van der Waals surface area contributed by atoms with Crippen molar-refractivity contribution in [3.8, 4) is 0 Å². The molecule has 0 fully saturated rings. The van der Waals surface area contributed by atoms with Crippen molar-refractivity contribution in [2.75, 3.05) is 0 Å². The Bertz CT molecular complexity index is 631. The molecule has 0 atom stereocenters. The van der Waals surface area contributed by atoms with Crippen LogP contribution in [-0.4, -0.2) is 12.4 Å². The SMILES string of the molecule is CC(C)(C)[Si](C)(C)OCc1cc2cc(Br)ccc2n1Cl. The Morgan fingerprint density at radius 3 is 2.50 bits per heavy atom. The van der Waals surface area contributed by atoms with Crippen LogP contribution in [0, 0.1) is 0 Å². The Balaban J connectivity index is 2.25. The van der Waals surface area contributed by atoms with Gasteiger partial charge in [-0.3, -0.25) is 4.09 Å². The summed E-state index contributed by atoms with van der Waals surface area (Å²) >= 11 is 9.88. The number of halogens is 2. The molecule has 0 radical (unpaired) electrons. The number of aromatic nitrogens is 1. The molecule has 1 aromatic carbocycles. The predicted molar refractivity (Wildman–Crippen MR) is 92.9 cm³/mol. The van der Waals surface area contributed by atoms with Crippen LogP contribution in [0.3, 0.4) is 0 Å². The highest BCUT2D eigenvalue weighted by Crippen LogP contribution is 2.37. The van der Waals surface area contributed by atoms with Crippen molar-refractivity contribution in [1.82, 2.24) is 4.09 Å². The molecule has 0 saturated carbocycles. The molecule has 0 saturated heterocycles. The van der Waals surface area contributed by atoms with Crippen LogP contribution in [0.5, 0.6) is 0 Å². The van der Waals surface area contributed by atoms with Crippen molar-refractivity contribution in [1.29, 1.82) is 0 Å². The van der Waals surface area contributed by atoms with Crippen molar-refractivity contribution in [3.63, 3.8) is 0 Å². The standard InChI is InChI=1S/C15H21BrClNOSi/c1-15(2,3)20(4,5)19-10-13-9-11-8-12(16)6-7-14(11)18(13)17/h6-9H,10H2,1-5H3. The van der Waals surface area contributed by atoms with E-state index in [1.165, 1.54) is 0 Å². The largest absolute Gasteiger partial charge is 0.411 e. The maximum Gasteiger partial charge on any atom is 0.192 e. The topological polar surface area (TPSA) is 14.2 Å². The van der Waals surface area contributed by atoms with Crippen molar-refractivity contribution in [2.24, 2.45) is 0 Å². The molecule has 2 rings (SSSR count). The van der Waals surface area contributed by atoms with E-state index >= 15 is 0 Å². The molecule has 1 heterocycles. The number of rotatable bonds is 3. The van der Waals surface area contributed by atoms with Crippen LogP contribution < -0.4 is 0 Å². The van der Waals surface area contributed by atoms with E-state index in [9.17, 15) is 0 Å². The van der Waals surface area contributed by atoms with Crippen molar-refractivity contribution in [2.45, 2.75) is 45.5 Å². The van der Waals surface area contributed by atoms with Gasteiger partial charge in [-0.15, -0.1) is 0 Å². The Morgan fingerprint density at radius 1 is 1.25 bits per heavy atom. The smallest absolute Gasteiger partial charge is 0.192 e. The van der Waals surface area contributed by atoms with Crippen LogP contribution >= 0.6 is 27.7 Å². The lowest BCUT2D eigenvalue weighted by Gasteiger charge is -2.36. The second kappa shape index (κ2) is 5.48. The van der Waals surface area contributed by atoms with Gasteiger partial charge in [-0.05, 0) is 42.4 Å². The summed E-state index contributed by atoms with van der Waals surface area (Å²) in [6.07, 6.45) is 0. The summed E-state index contributed by atoms with van der Waals surface area (Å²) in [6.45, 7) is 11.8. The average molecular weight is 375 g/mol. The number of hydrogen-bond acceptors (Lipinski definition) is 1. The maximum atomic E-state index is 6.39. The normalized spacial score (nSPS) is 13.2. The lowest BCUT2D eigenvalue weighted by Crippen LogP contribution is -2.40. The predicted octanol–water partition coefficient (Wildman–Crippen LogP) is 5.93. The number of benzene rings is 1. The van der Waals surface area contributed by atoms with E-state index in [4.69, 9.17) is 16.2 Å². The molecular weight excluding hydrogens is 354 g/mol. The van der Waals surface area contributed by atoms with Gasteiger partial charge in [0.1, 0.15) is 0 Å². The molecule has 0 spiro atoms. The molecule has 0 bridgehead atoms. The molecule has 0 aliphatic carbocycles. The van der Waals surface area contributed by atoms with E-state index in [-0.39, 0.29) is 5.04 Å². The summed E-state index contributed by atoms with van der Waals surface area (Å²) < 4.78 is 9.01. The van der Waals surface area contributed by atoms with Gasteiger partial charge in [0.05, 0.1) is 17.8 Å². The fourth-order valence-electron chi connectivity index (χ4n) is 1.78. The zero-order valence-electron chi connectivity index (χ0n) is 12.6. The van der Waals surface area contributed by atoms with Crippen molar-refractivity contribution >= 4 is 46.9 Å². The molecule has 0 aliphatic rings. The number of fused-ring (bicyclic) bond motifs is 1. The second-order valence-corrected chi connectivity index (χ2v) is 12.7. The Labute approximate surface area is 135 Å². The molecule has 0 aliphatic heterocycles. The first-order valence-electron chi connectivity index (χ1n) is 6.72. The molecular formula is C15H21BrClNOSi. The summed E-state index contributed by atoms with van der Waals surface area (Å²) in [5.74, 6) is 0. The monoisotopic (exact) mass is 373 g/mol. The van der Waals surface area contributed by atoms with Gasteiger partial charge in [0.15, 0.2) is 8.32 Å². The van der Waals surface area contributed by atoms with Gasteiger partial charge in [0.25, 0.3) is 0 Å². The summed E-state index contributed by atoms with van der Waals surface area (Å²) in [6, 6.07) is 8.19. The molecule has 0 amide bonds. The lowest BCUT2D eigenvalue weighted by molar-refractivity contribution is 0.272. The summed E-state index contributed by atoms with van der Waals surface area (Å²) in [7, 11) is -1.75. The first-order chi connectivity index (χ1) is 9.12. The quantitative estimate of drug-likeness (QED) is 0.607. The molecule has 0 unspecified atom stereocenters. The van der Waals surface area contributed by atoms with Crippen LogP contribution in [0.1, 0.15) is 26.5 Å². The summed E-state index contributed by atoms with van der Waals surface area (Å²) in [4.78, 5) is 0. The first kappa shape index (κ1) is 16.1. The number of hydrogen-bond donors (Lipinski definition) is 0. The molecule has 1 aromatic heterocycles. The van der Waals surface area contributed by atoms with Crippen LogP contribution in [0.15, 0.2) is 28.7 Å². The third-order valence-electron chi connectivity index (χ3n) is 4.16. The highest BCUT2D eigenvalue weighted by molar-refractivity contribution is 9.10. The van der Waals surface area contributed by atoms with Gasteiger partial charge in [0.2, 0.25) is 0 Å². The van der Waals surface area contributed by atoms with E-state index in [1.807, 2.05) is 12.1 Å². The molecule has 20 heavy (non-hydrogen) atoms. The van der Waals surface area contributed by atoms with Gasteiger partial charge < -0.3 is 4.43 Å². The Kier molecular flexibility index (Phi) is 4.41. The Hall–Kier alpha value is -0.293. The summed E-state index contributed by atoms with van der Waals surface area (Å²) in [5, 5.41) is 1.34. The van der Waals surface area contributed by atoms with Gasteiger partial charge in [-0.2, -0.15) is 0 Å². The van der Waals surface area contributed by atoms with Crippen molar-refractivity contribution < 1.29 is 4.43 Å². The lowest BCUT2D eigenvalue weighted by atomic mass is 10.2. The van der Waals surface area contributed by atoms with E-state index in [2.05, 4.69) is 61.9 Å². The average Bonchev–Trinajstić information content (AvgIpc) is 2.62. The van der Waals surface area contributed by atoms with Crippen LogP contribution in [-0.2, 0) is 11.0 Å². The molecule has 2 nitrogen and oxygen atoms in total. The minimum absolute atomic E-state index is 0.208. The van der Waals surface area contributed by atoms with E-state index < -0.39 is 8.32 Å². The van der Waals surface area contributed by atoms with E-state index in [0.717, 1.165) is 21.1 Å². The van der Waals surface area contributed by atoms with Gasteiger partial charge >= 0.3 is 0 Å². The highest BCUT2D eigenvalue weighted by Gasteiger charge is 2.37. The molecule has 0 N–H and O–H groups in total. The van der Waals surface area contributed by atoms with Crippen LogP contribution in [0.25, 0.3) is 10.9 Å². The third-order valence-corrected chi connectivity index (χ3v) is 9.53. The zero-order valence-corrected chi connectivity index (χ0v) is 16.0. The number of nitrogens with zero attached hydrogens (tertiary/aromatic N) is 1. The zero-order chi connectivity index (χ0) is 15.1. The molecule has 2 aromatic rings. The minimum Gasteiger partial charge on any atom is -0.411 e. The van der Waals surface area contributed by atoms with E-state index in [1.54, 1.807) is 4.09 Å². The molecule has 5 heteroatoms. The highest BCUT2D eigenvalue weighted by atomic mass is 79.9. The van der Waals surface area contributed by atoms with E-state index in [0.29, 0.717) is 6.61 Å². The van der Waals surface area contributed by atoms with Gasteiger partial charge in [0, 0.05) is 21.6 Å². The maximum absolute atomic E-state index is 6.39. The van der Waals surface area contributed by atoms with Crippen molar-refractivity contribution in [3.05, 3.63) is 34.4 Å². The first-order valence-corrected chi connectivity index (χ1v) is 10.8. The van der Waals surface area contributed by atoms with Gasteiger partial charge in [-0.25, -0.2) is 0 Å². The Morgan fingerprint density at radius 2 is 1.90 bits per heavy atom. The summed E-state index contributed by atoms with van der Waals surface area (Å²) in [5.41, 5.74) is 2.02. The van der Waals surface area contributed by atoms with Gasteiger partial charge in [-0.1, -0.05) is 36.7 Å². The fraction of sp³-hybridized carbons (Fsp3) is 0.467. The van der Waals surface area contributed by atoms with Crippen LogP contribution in [0.4, 0.5) is 0 Å². The molecule has 110 valence electrons. The minimum atomic E-state index is -1.75. The third kappa shape index (κ3) is 3.13. The van der Waals surface area contributed by atoms with Crippen LogP contribution in [0.2, 0.25) is 18.1 Å². The fourth-order valence-corrected chi connectivity index (χ4v) is 3.35.